The molecule has 0 aliphatic heterocycles. The number of anilines is 1. The second kappa shape index (κ2) is 4.97. The average Bonchev–Trinajstić information content (AvgIpc) is 2.32. The Morgan fingerprint density at radius 1 is 1.39 bits per heavy atom. The predicted octanol–water partition coefficient (Wildman–Crippen LogP) is 3.64. The van der Waals surface area contributed by atoms with Gasteiger partial charge in [0.2, 0.25) is 0 Å². The van der Waals surface area contributed by atoms with Crippen molar-refractivity contribution in [1.29, 1.82) is 5.26 Å². The van der Waals surface area contributed by atoms with Crippen molar-refractivity contribution in [1.82, 2.24) is 4.98 Å². The highest BCUT2D eigenvalue weighted by molar-refractivity contribution is 5.55. The lowest BCUT2D eigenvalue weighted by atomic mass is 9.75. The lowest BCUT2D eigenvalue weighted by molar-refractivity contribution is 0.232. The van der Waals surface area contributed by atoms with Crippen LogP contribution in [0.3, 0.4) is 0 Å². The molecule has 1 aromatic heterocycles. The number of nitrogens with one attached hydrogen (secondary N) is 1. The first-order valence-electron chi connectivity index (χ1n) is 6.64. The van der Waals surface area contributed by atoms with Crippen molar-refractivity contribution in [3.8, 4) is 6.07 Å². The quantitative estimate of drug-likeness (QED) is 0.862. The van der Waals surface area contributed by atoms with E-state index in [9.17, 15) is 5.26 Å². The summed E-state index contributed by atoms with van der Waals surface area (Å²) in [7, 11) is 0. The fraction of sp³-hybridized carbons (Fsp3) is 0.600. The standard InChI is InChI=1S/C15H21N3/c1-11-6-9-17-14(13(11)10-16)18-12-4-7-15(2,3)8-5-12/h6,9,12H,4-5,7-8H2,1-3H3,(H,17,18). The van der Waals surface area contributed by atoms with Gasteiger partial charge in [0, 0.05) is 12.2 Å². The maximum Gasteiger partial charge on any atom is 0.144 e. The molecule has 96 valence electrons. The zero-order valence-corrected chi connectivity index (χ0v) is 11.5. The molecule has 0 unspecified atom stereocenters. The smallest absolute Gasteiger partial charge is 0.144 e. The topological polar surface area (TPSA) is 48.7 Å². The number of nitriles is 1. The largest absolute Gasteiger partial charge is 0.366 e. The number of aryl methyl sites for hydroxylation is 1. The molecule has 18 heavy (non-hydrogen) atoms. The molecule has 1 saturated carbocycles. The Morgan fingerprint density at radius 3 is 2.67 bits per heavy atom. The first-order chi connectivity index (χ1) is 8.52. The van der Waals surface area contributed by atoms with Gasteiger partial charge < -0.3 is 5.32 Å². The first kappa shape index (κ1) is 12.9. The Morgan fingerprint density at radius 2 is 2.06 bits per heavy atom. The van der Waals surface area contributed by atoms with E-state index in [0.717, 1.165) is 24.2 Å². The van der Waals surface area contributed by atoms with Gasteiger partial charge in [-0.2, -0.15) is 5.26 Å². The van der Waals surface area contributed by atoms with Gasteiger partial charge in [0.1, 0.15) is 11.9 Å². The Labute approximate surface area is 109 Å². The van der Waals surface area contributed by atoms with Crippen LogP contribution in [0, 0.1) is 23.7 Å². The normalized spacial score (nSPS) is 19.2. The van der Waals surface area contributed by atoms with Gasteiger partial charge in [-0.25, -0.2) is 4.98 Å². The molecule has 3 nitrogen and oxygen atoms in total. The minimum atomic E-state index is 0.458. The van der Waals surface area contributed by atoms with E-state index in [2.05, 4.69) is 30.2 Å². The van der Waals surface area contributed by atoms with Crippen LogP contribution >= 0.6 is 0 Å². The summed E-state index contributed by atoms with van der Waals surface area (Å²) in [4.78, 5) is 4.31. The first-order valence-corrected chi connectivity index (χ1v) is 6.64. The van der Waals surface area contributed by atoms with Crippen LogP contribution in [0.15, 0.2) is 12.3 Å². The van der Waals surface area contributed by atoms with E-state index < -0.39 is 0 Å². The fourth-order valence-corrected chi connectivity index (χ4v) is 2.55. The third-order valence-electron chi connectivity index (χ3n) is 3.95. The molecule has 0 bridgehead atoms. The molecule has 1 aliphatic carbocycles. The molecule has 3 heteroatoms. The molecule has 1 N–H and O–H groups in total. The van der Waals surface area contributed by atoms with Crippen molar-refractivity contribution in [3.05, 3.63) is 23.4 Å². The maximum absolute atomic E-state index is 9.18. The second-order valence-electron chi connectivity index (χ2n) is 6.05. The van der Waals surface area contributed by atoms with E-state index in [1.54, 1.807) is 6.20 Å². The Bertz CT molecular complexity index is 461. The summed E-state index contributed by atoms with van der Waals surface area (Å²) in [5.41, 5.74) is 2.14. The fourth-order valence-electron chi connectivity index (χ4n) is 2.55. The highest BCUT2D eigenvalue weighted by Crippen LogP contribution is 2.36. The van der Waals surface area contributed by atoms with Crippen molar-refractivity contribution >= 4 is 5.82 Å². The third-order valence-corrected chi connectivity index (χ3v) is 3.95. The van der Waals surface area contributed by atoms with Crippen LogP contribution in [0.1, 0.15) is 50.7 Å². The van der Waals surface area contributed by atoms with Gasteiger partial charge in [-0.1, -0.05) is 13.8 Å². The molecule has 0 spiro atoms. The summed E-state index contributed by atoms with van der Waals surface area (Å²) in [6.07, 6.45) is 6.56. The van der Waals surface area contributed by atoms with E-state index in [0.29, 0.717) is 17.0 Å². The third kappa shape index (κ3) is 2.81. The average molecular weight is 243 g/mol. The van der Waals surface area contributed by atoms with Gasteiger partial charge in [-0.05, 0) is 49.7 Å². The van der Waals surface area contributed by atoms with Gasteiger partial charge in [-0.15, -0.1) is 0 Å². The summed E-state index contributed by atoms with van der Waals surface area (Å²) in [6, 6.07) is 4.59. The zero-order chi connectivity index (χ0) is 13.2. The lowest BCUT2D eigenvalue weighted by Crippen LogP contribution is -2.30. The number of rotatable bonds is 2. The SMILES string of the molecule is Cc1ccnc(NC2CCC(C)(C)CC2)c1C#N. The van der Waals surface area contributed by atoms with Gasteiger partial charge >= 0.3 is 0 Å². The summed E-state index contributed by atoms with van der Waals surface area (Å²) in [5, 5.41) is 12.6. The van der Waals surface area contributed by atoms with Crippen LogP contribution in [-0.2, 0) is 0 Å². The predicted molar refractivity (Wildman–Crippen MR) is 73.3 cm³/mol. The van der Waals surface area contributed by atoms with Gasteiger partial charge in [-0.3, -0.25) is 0 Å². The number of aromatic nitrogens is 1. The van der Waals surface area contributed by atoms with E-state index in [1.807, 2.05) is 13.0 Å². The minimum absolute atomic E-state index is 0.458. The van der Waals surface area contributed by atoms with Crippen molar-refractivity contribution in [2.75, 3.05) is 5.32 Å². The summed E-state index contributed by atoms with van der Waals surface area (Å²) in [6.45, 7) is 6.61. The minimum Gasteiger partial charge on any atom is -0.366 e. The van der Waals surface area contributed by atoms with Crippen LogP contribution < -0.4 is 5.32 Å². The zero-order valence-electron chi connectivity index (χ0n) is 11.5. The number of pyridine rings is 1. The molecule has 0 radical (unpaired) electrons. The van der Waals surface area contributed by atoms with Gasteiger partial charge in [0.25, 0.3) is 0 Å². The summed E-state index contributed by atoms with van der Waals surface area (Å²) < 4.78 is 0. The Balaban J connectivity index is 2.07. The highest BCUT2D eigenvalue weighted by atomic mass is 15.0. The maximum atomic E-state index is 9.18. The van der Waals surface area contributed by atoms with E-state index >= 15 is 0 Å². The molecule has 0 atom stereocenters. The molecule has 0 aromatic carbocycles. The van der Waals surface area contributed by atoms with E-state index in [4.69, 9.17) is 0 Å². The molecule has 1 aromatic rings. The van der Waals surface area contributed by atoms with Crippen LogP contribution in [0.4, 0.5) is 5.82 Å². The molecule has 0 saturated heterocycles. The van der Waals surface area contributed by atoms with Crippen molar-refractivity contribution in [3.63, 3.8) is 0 Å². The van der Waals surface area contributed by atoms with E-state index in [-0.39, 0.29) is 0 Å². The molecule has 1 heterocycles. The van der Waals surface area contributed by atoms with Crippen LogP contribution in [0.25, 0.3) is 0 Å². The highest BCUT2D eigenvalue weighted by Gasteiger charge is 2.27. The molecule has 1 fully saturated rings. The summed E-state index contributed by atoms with van der Waals surface area (Å²) in [5.74, 6) is 0.752. The number of hydrogen-bond donors (Lipinski definition) is 1. The molecular weight excluding hydrogens is 222 g/mol. The lowest BCUT2D eigenvalue weighted by Gasteiger charge is -2.35. The molecule has 2 rings (SSSR count). The van der Waals surface area contributed by atoms with Crippen molar-refractivity contribution in [2.24, 2.45) is 5.41 Å². The van der Waals surface area contributed by atoms with E-state index in [1.165, 1.54) is 12.8 Å². The van der Waals surface area contributed by atoms with Crippen molar-refractivity contribution in [2.45, 2.75) is 52.5 Å². The second-order valence-corrected chi connectivity index (χ2v) is 6.05. The number of nitrogens with zero attached hydrogens (tertiary/aromatic N) is 2. The van der Waals surface area contributed by atoms with Crippen LogP contribution in [0.5, 0.6) is 0 Å². The molecular formula is C15H21N3. The summed E-state index contributed by atoms with van der Waals surface area (Å²) >= 11 is 0. The van der Waals surface area contributed by atoms with Gasteiger partial charge in [0.05, 0.1) is 5.56 Å². The number of hydrogen-bond acceptors (Lipinski definition) is 3. The Kier molecular flexibility index (Phi) is 3.56. The van der Waals surface area contributed by atoms with Crippen LogP contribution in [0.2, 0.25) is 0 Å². The monoisotopic (exact) mass is 243 g/mol. The molecule has 1 aliphatic rings. The molecule has 0 amide bonds. The van der Waals surface area contributed by atoms with Crippen molar-refractivity contribution < 1.29 is 0 Å². The van der Waals surface area contributed by atoms with Gasteiger partial charge in [0.15, 0.2) is 0 Å². The Hall–Kier alpha value is -1.56. The van der Waals surface area contributed by atoms with Crippen LogP contribution in [-0.4, -0.2) is 11.0 Å².